The molecule has 218 valence electrons. The molecule has 0 radical (unpaired) electrons. The maximum atomic E-state index is 12.8. The zero-order valence-corrected chi connectivity index (χ0v) is 24.0. The number of non-ortho nitro benzene ring substituents is 1. The third-order valence-electron chi connectivity index (χ3n) is 6.81. The molecule has 1 aliphatic rings. The monoisotopic (exact) mass is 591 g/mol. The molecule has 0 aromatic heterocycles. The molecule has 1 aliphatic heterocycles. The number of allylic oxidation sites excluding steroid dienone is 1. The minimum atomic E-state index is -0.886. The molecular weight excluding hydrogens is 562 g/mol. The molecule has 0 spiro atoms. The Hall–Kier alpha value is -4.75. The molecule has 4 rings (SSSR count). The van der Waals surface area contributed by atoms with Crippen LogP contribution >= 0.6 is 11.6 Å². The second kappa shape index (κ2) is 13.7. The standard InChI is InChI=1S/C31H30ClN3O7/c1-3-4-5-6-7-14-40-26-13-8-19(15-28(26)39-2)29-22-11-10-21(17-27(22)42-30(34)24(29)18-33)41-31(36)23-16-20(35(37)38)9-12-25(23)32/h8-13,15-17,29H,3-7,14,34H2,1-2H3. The van der Waals surface area contributed by atoms with Gasteiger partial charge in [-0.2, -0.15) is 5.26 Å². The number of ether oxygens (including phenoxy) is 4. The Morgan fingerprint density at radius 1 is 1.10 bits per heavy atom. The van der Waals surface area contributed by atoms with E-state index < -0.39 is 16.8 Å². The van der Waals surface area contributed by atoms with Crippen LogP contribution in [0.4, 0.5) is 5.69 Å². The number of nitro benzene ring substituents is 1. The number of benzene rings is 3. The molecule has 11 heteroatoms. The van der Waals surface area contributed by atoms with E-state index in [0.29, 0.717) is 23.7 Å². The average molecular weight is 592 g/mol. The van der Waals surface area contributed by atoms with Gasteiger partial charge in [-0.3, -0.25) is 10.1 Å². The van der Waals surface area contributed by atoms with Gasteiger partial charge in [-0.25, -0.2) is 4.79 Å². The van der Waals surface area contributed by atoms with Crippen LogP contribution in [0.2, 0.25) is 5.02 Å². The zero-order valence-electron chi connectivity index (χ0n) is 23.2. The maximum absolute atomic E-state index is 12.8. The van der Waals surface area contributed by atoms with Crippen molar-refractivity contribution in [2.75, 3.05) is 13.7 Å². The summed E-state index contributed by atoms with van der Waals surface area (Å²) in [5.41, 5.74) is 7.22. The van der Waals surface area contributed by atoms with Crippen molar-refractivity contribution in [2.24, 2.45) is 5.73 Å². The lowest BCUT2D eigenvalue weighted by atomic mass is 9.83. The lowest BCUT2D eigenvalue weighted by Crippen LogP contribution is -2.21. The van der Waals surface area contributed by atoms with Crippen LogP contribution in [0.3, 0.4) is 0 Å². The molecule has 0 amide bonds. The van der Waals surface area contributed by atoms with E-state index in [0.717, 1.165) is 24.5 Å². The fourth-order valence-corrected chi connectivity index (χ4v) is 4.85. The Bertz CT molecular complexity index is 1560. The third-order valence-corrected chi connectivity index (χ3v) is 7.14. The minimum absolute atomic E-state index is 0.00332. The van der Waals surface area contributed by atoms with Crippen molar-refractivity contribution >= 4 is 23.3 Å². The van der Waals surface area contributed by atoms with Crippen LogP contribution in [-0.2, 0) is 0 Å². The van der Waals surface area contributed by atoms with Crippen LogP contribution in [0.5, 0.6) is 23.0 Å². The van der Waals surface area contributed by atoms with E-state index in [2.05, 4.69) is 13.0 Å². The van der Waals surface area contributed by atoms with Crippen molar-refractivity contribution in [3.05, 3.63) is 97.9 Å². The summed E-state index contributed by atoms with van der Waals surface area (Å²) in [7, 11) is 1.55. The second-order valence-electron chi connectivity index (χ2n) is 9.61. The van der Waals surface area contributed by atoms with E-state index in [-0.39, 0.29) is 39.2 Å². The highest BCUT2D eigenvalue weighted by atomic mass is 35.5. The van der Waals surface area contributed by atoms with Crippen LogP contribution in [0, 0.1) is 21.4 Å². The van der Waals surface area contributed by atoms with Crippen LogP contribution in [-0.4, -0.2) is 24.6 Å². The molecule has 1 atom stereocenters. The quantitative estimate of drug-likeness (QED) is 0.0769. The van der Waals surface area contributed by atoms with Gasteiger partial charge in [0.05, 0.1) is 35.1 Å². The van der Waals surface area contributed by atoms with Gasteiger partial charge in [0.2, 0.25) is 5.88 Å². The van der Waals surface area contributed by atoms with E-state index in [1.165, 1.54) is 43.5 Å². The number of unbranched alkanes of at least 4 members (excludes halogenated alkanes) is 4. The summed E-state index contributed by atoms with van der Waals surface area (Å²) in [6.45, 7) is 2.74. The number of rotatable bonds is 12. The summed E-state index contributed by atoms with van der Waals surface area (Å²) < 4.78 is 22.7. The number of nitriles is 1. The largest absolute Gasteiger partial charge is 0.493 e. The van der Waals surface area contributed by atoms with E-state index in [9.17, 15) is 20.2 Å². The predicted octanol–water partition coefficient (Wildman–Crippen LogP) is 7.04. The van der Waals surface area contributed by atoms with Gasteiger partial charge in [0.1, 0.15) is 23.1 Å². The molecule has 0 fully saturated rings. The lowest BCUT2D eigenvalue weighted by molar-refractivity contribution is -0.384. The van der Waals surface area contributed by atoms with Gasteiger partial charge in [-0.1, -0.05) is 56.3 Å². The molecule has 0 saturated carbocycles. The Balaban J connectivity index is 1.59. The second-order valence-corrected chi connectivity index (χ2v) is 10.0. The van der Waals surface area contributed by atoms with Gasteiger partial charge in [0, 0.05) is 23.8 Å². The number of fused-ring (bicyclic) bond motifs is 1. The van der Waals surface area contributed by atoms with Crippen LogP contribution in [0.15, 0.2) is 66.1 Å². The summed E-state index contributed by atoms with van der Waals surface area (Å²) in [5.74, 6) is -0.0843. The van der Waals surface area contributed by atoms with Crippen LogP contribution in [0.1, 0.15) is 66.4 Å². The smallest absolute Gasteiger partial charge is 0.345 e. The first kappa shape index (κ1) is 30.2. The minimum Gasteiger partial charge on any atom is -0.493 e. The first-order chi connectivity index (χ1) is 20.3. The highest BCUT2D eigenvalue weighted by Gasteiger charge is 2.32. The molecule has 0 bridgehead atoms. The van der Waals surface area contributed by atoms with E-state index in [1.54, 1.807) is 25.3 Å². The maximum Gasteiger partial charge on any atom is 0.345 e. The van der Waals surface area contributed by atoms with E-state index in [4.69, 9.17) is 36.3 Å². The van der Waals surface area contributed by atoms with Crippen molar-refractivity contribution in [3.63, 3.8) is 0 Å². The number of carbonyl (C=O) groups is 1. The van der Waals surface area contributed by atoms with E-state index in [1.807, 2.05) is 6.07 Å². The van der Waals surface area contributed by atoms with Crippen LogP contribution in [0.25, 0.3) is 0 Å². The molecule has 3 aromatic rings. The van der Waals surface area contributed by atoms with E-state index >= 15 is 0 Å². The van der Waals surface area contributed by atoms with Gasteiger partial charge in [0.25, 0.3) is 5.69 Å². The van der Waals surface area contributed by atoms with Gasteiger partial charge >= 0.3 is 5.97 Å². The number of halogens is 1. The number of methoxy groups -OCH3 is 1. The molecule has 1 unspecified atom stereocenters. The molecule has 2 N–H and O–H groups in total. The molecule has 3 aromatic carbocycles. The Kier molecular flexibility index (Phi) is 9.89. The Morgan fingerprint density at radius 3 is 2.60 bits per heavy atom. The SMILES string of the molecule is CCCCCCCOc1ccc(C2C(C#N)=C(N)Oc3cc(OC(=O)c4cc([N+](=O)[O-])ccc4Cl)ccc32)cc1OC. The topological polar surface area (TPSA) is 147 Å². The number of nitrogens with two attached hydrogens (primary N) is 1. The van der Waals surface area contributed by atoms with Crippen molar-refractivity contribution in [1.82, 2.24) is 0 Å². The molecule has 0 saturated heterocycles. The predicted molar refractivity (Wildman–Crippen MR) is 156 cm³/mol. The summed E-state index contributed by atoms with van der Waals surface area (Å²) >= 11 is 6.08. The number of hydrogen-bond acceptors (Lipinski definition) is 9. The van der Waals surface area contributed by atoms with Gasteiger partial charge in [0.15, 0.2) is 11.5 Å². The third kappa shape index (κ3) is 6.75. The van der Waals surface area contributed by atoms with Gasteiger partial charge in [-0.05, 0) is 36.2 Å². The average Bonchev–Trinajstić information content (AvgIpc) is 2.98. The number of nitrogens with zero attached hydrogens (tertiary/aromatic N) is 2. The molecule has 1 heterocycles. The van der Waals surface area contributed by atoms with Crippen molar-refractivity contribution in [3.8, 4) is 29.1 Å². The first-order valence-electron chi connectivity index (χ1n) is 13.5. The summed E-state index contributed by atoms with van der Waals surface area (Å²) in [4.78, 5) is 23.3. The highest BCUT2D eigenvalue weighted by Crippen LogP contribution is 2.45. The van der Waals surface area contributed by atoms with Crippen LogP contribution < -0.4 is 24.7 Å². The number of nitro groups is 1. The van der Waals surface area contributed by atoms with Crippen molar-refractivity contribution < 1.29 is 28.7 Å². The van der Waals surface area contributed by atoms with Gasteiger partial charge < -0.3 is 24.7 Å². The Labute approximate surface area is 248 Å². The Morgan fingerprint density at radius 2 is 1.88 bits per heavy atom. The summed E-state index contributed by atoms with van der Waals surface area (Å²) in [5, 5.41) is 21.1. The molecule has 0 aliphatic carbocycles. The highest BCUT2D eigenvalue weighted by molar-refractivity contribution is 6.33. The molecular formula is C31H30ClN3O7. The normalized spacial score (nSPS) is 13.9. The molecule has 42 heavy (non-hydrogen) atoms. The fourth-order valence-electron chi connectivity index (χ4n) is 4.66. The first-order valence-corrected chi connectivity index (χ1v) is 13.8. The van der Waals surface area contributed by atoms with Crippen molar-refractivity contribution in [2.45, 2.75) is 44.9 Å². The van der Waals surface area contributed by atoms with Crippen molar-refractivity contribution in [1.29, 1.82) is 5.26 Å². The molecule has 10 nitrogen and oxygen atoms in total. The zero-order chi connectivity index (χ0) is 30.2. The number of hydrogen-bond donors (Lipinski definition) is 1. The summed E-state index contributed by atoms with van der Waals surface area (Å²) in [6, 6.07) is 15.7. The summed E-state index contributed by atoms with van der Waals surface area (Å²) in [6.07, 6.45) is 5.59. The number of carbonyl (C=O) groups excluding carboxylic acids is 1. The fraction of sp³-hybridized carbons (Fsp3) is 0.290. The van der Waals surface area contributed by atoms with Gasteiger partial charge in [-0.15, -0.1) is 0 Å². The lowest BCUT2D eigenvalue weighted by Gasteiger charge is -2.27. The number of esters is 1.